The second-order valence-electron chi connectivity index (χ2n) is 6.63. The summed E-state index contributed by atoms with van der Waals surface area (Å²) in [5.41, 5.74) is 2.10. The highest BCUT2D eigenvalue weighted by molar-refractivity contribution is 6.30. The second-order valence-corrected chi connectivity index (χ2v) is 7.06. The third kappa shape index (κ3) is 5.07. The standard InChI is InChI=1S/C20H22ClN3O2/c1-13(14-5-4-6-15(21)11-14)22-12-19(25)24-18-8-3-2-7-17(18)20(26)23-16-9-10-16/h2-8,11,13,16,22H,9-10,12H2,1H3,(H,23,26)(H,24,25)/p+1/t13-/m1/s1. The first kappa shape index (κ1) is 18.4. The zero-order valence-corrected chi connectivity index (χ0v) is 15.4. The van der Waals surface area contributed by atoms with Crippen molar-refractivity contribution in [3.05, 3.63) is 64.7 Å². The smallest absolute Gasteiger partial charge is 0.279 e. The van der Waals surface area contributed by atoms with Crippen LogP contribution in [0.5, 0.6) is 0 Å². The Hall–Kier alpha value is -2.37. The summed E-state index contributed by atoms with van der Waals surface area (Å²) < 4.78 is 0. The van der Waals surface area contributed by atoms with Gasteiger partial charge in [0.2, 0.25) is 0 Å². The minimum absolute atomic E-state index is 0.104. The van der Waals surface area contributed by atoms with Crippen molar-refractivity contribution in [2.45, 2.75) is 31.8 Å². The van der Waals surface area contributed by atoms with Crippen molar-refractivity contribution in [3.63, 3.8) is 0 Å². The number of hydrogen-bond donors (Lipinski definition) is 3. The van der Waals surface area contributed by atoms with Gasteiger partial charge >= 0.3 is 0 Å². The van der Waals surface area contributed by atoms with Gasteiger partial charge in [-0.3, -0.25) is 9.59 Å². The summed E-state index contributed by atoms with van der Waals surface area (Å²) in [4.78, 5) is 24.6. The summed E-state index contributed by atoms with van der Waals surface area (Å²) in [7, 11) is 0. The molecule has 1 aliphatic rings. The lowest BCUT2D eigenvalue weighted by atomic mass is 10.1. The van der Waals surface area contributed by atoms with Crippen LogP contribution in [0, 0.1) is 0 Å². The molecule has 4 N–H and O–H groups in total. The molecule has 0 aliphatic heterocycles. The van der Waals surface area contributed by atoms with Crippen molar-refractivity contribution in [3.8, 4) is 0 Å². The summed E-state index contributed by atoms with van der Waals surface area (Å²) in [5.74, 6) is -0.287. The van der Waals surface area contributed by atoms with Crippen molar-refractivity contribution >= 4 is 29.1 Å². The Balaban J connectivity index is 1.57. The number of nitrogens with one attached hydrogen (secondary N) is 2. The minimum Gasteiger partial charge on any atom is -0.349 e. The SMILES string of the molecule is C[C@@H]([NH2+]CC(=O)Nc1ccccc1C(=O)NC1CC1)c1cccc(Cl)c1. The number of hydrogen-bond acceptors (Lipinski definition) is 2. The number of quaternary nitrogens is 1. The van der Waals surface area contributed by atoms with Crippen LogP contribution in [0.2, 0.25) is 5.02 Å². The van der Waals surface area contributed by atoms with E-state index in [2.05, 4.69) is 10.6 Å². The molecule has 2 aromatic rings. The molecule has 1 fully saturated rings. The Labute approximate surface area is 158 Å². The fourth-order valence-electron chi connectivity index (χ4n) is 2.69. The number of carbonyl (C=O) groups excluding carboxylic acids is 2. The van der Waals surface area contributed by atoms with E-state index in [1.165, 1.54) is 0 Å². The van der Waals surface area contributed by atoms with Crippen LogP contribution in [0.3, 0.4) is 0 Å². The van der Waals surface area contributed by atoms with Gasteiger partial charge in [-0.1, -0.05) is 35.9 Å². The molecule has 5 nitrogen and oxygen atoms in total. The number of halogens is 1. The summed E-state index contributed by atoms with van der Waals surface area (Å²) in [6.07, 6.45) is 2.05. The fourth-order valence-corrected chi connectivity index (χ4v) is 2.89. The first-order chi connectivity index (χ1) is 12.5. The molecule has 2 amide bonds. The van der Waals surface area contributed by atoms with E-state index in [4.69, 9.17) is 11.6 Å². The Bertz CT molecular complexity index is 805. The molecule has 136 valence electrons. The van der Waals surface area contributed by atoms with E-state index in [0.29, 0.717) is 16.3 Å². The van der Waals surface area contributed by atoms with Crippen molar-refractivity contribution in [1.29, 1.82) is 0 Å². The molecule has 1 atom stereocenters. The molecular weight excluding hydrogens is 350 g/mol. The molecule has 3 rings (SSSR count). The van der Waals surface area contributed by atoms with Gasteiger partial charge in [-0.25, -0.2) is 0 Å². The molecule has 0 heterocycles. The molecule has 6 heteroatoms. The lowest BCUT2D eigenvalue weighted by molar-refractivity contribution is -0.682. The first-order valence-corrected chi connectivity index (χ1v) is 9.19. The highest BCUT2D eigenvalue weighted by Gasteiger charge is 2.25. The maximum Gasteiger partial charge on any atom is 0.279 e. The molecule has 0 spiro atoms. The van der Waals surface area contributed by atoms with E-state index in [-0.39, 0.29) is 30.4 Å². The summed E-state index contributed by atoms with van der Waals surface area (Å²) in [6.45, 7) is 2.28. The molecule has 0 radical (unpaired) electrons. The van der Waals surface area contributed by atoms with Crippen LogP contribution in [0.15, 0.2) is 48.5 Å². The Kier molecular flexibility index (Phi) is 5.91. The van der Waals surface area contributed by atoms with Crippen LogP contribution >= 0.6 is 11.6 Å². The zero-order chi connectivity index (χ0) is 18.5. The monoisotopic (exact) mass is 372 g/mol. The van der Waals surface area contributed by atoms with Gasteiger partial charge in [-0.15, -0.1) is 0 Å². The minimum atomic E-state index is -0.148. The summed E-state index contributed by atoms with van der Waals surface area (Å²) in [6, 6.07) is 15.1. The summed E-state index contributed by atoms with van der Waals surface area (Å²) >= 11 is 6.02. The largest absolute Gasteiger partial charge is 0.349 e. The lowest BCUT2D eigenvalue weighted by Gasteiger charge is -2.13. The second kappa shape index (κ2) is 8.34. The van der Waals surface area contributed by atoms with Gasteiger partial charge in [0.1, 0.15) is 6.04 Å². The number of anilines is 1. The van der Waals surface area contributed by atoms with Crippen molar-refractivity contribution in [1.82, 2.24) is 5.32 Å². The molecule has 0 saturated heterocycles. The van der Waals surface area contributed by atoms with Crippen molar-refractivity contribution in [2.24, 2.45) is 0 Å². The average Bonchev–Trinajstić information content (AvgIpc) is 3.44. The normalized spacial score (nSPS) is 14.5. The number of benzene rings is 2. The number of amides is 2. The fraction of sp³-hybridized carbons (Fsp3) is 0.300. The summed E-state index contributed by atoms with van der Waals surface area (Å²) in [5, 5.41) is 8.42. The van der Waals surface area contributed by atoms with Gasteiger partial charge in [-0.05, 0) is 44.0 Å². The molecule has 26 heavy (non-hydrogen) atoms. The van der Waals surface area contributed by atoms with E-state index in [9.17, 15) is 9.59 Å². The molecule has 0 aromatic heterocycles. The van der Waals surface area contributed by atoms with E-state index in [1.807, 2.05) is 42.6 Å². The van der Waals surface area contributed by atoms with E-state index in [0.717, 1.165) is 18.4 Å². The lowest BCUT2D eigenvalue weighted by Crippen LogP contribution is -2.86. The quantitative estimate of drug-likeness (QED) is 0.698. The maximum atomic E-state index is 12.3. The number of para-hydroxylation sites is 1. The van der Waals surface area contributed by atoms with Crippen LogP contribution in [0.25, 0.3) is 0 Å². The van der Waals surface area contributed by atoms with E-state index >= 15 is 0 Å². The van der Waals surface area contributed by atoms with Gasteiger partial charge in [0.25, 0.3) is 11.8 Å². The zero-order valence-electron chi connectivity index (χ0n) is 14.7. The van der Waals surface area contributed by atoms with Crippen molar-refractivity contribution in [2.75, 3.05) is 11.9 Å². The van der Waals surface area contributed by atoms with Crippen LogP contribution in [-0.4, -0.2) is 24.4 Å². The van der Waals surface area contributed by atoms with E-state index < -0.39 is 0 Å². The maximum absolute atomic E-state index is 12.3. The molecule has 1 saturated carbocycles. The Morgan fingerprint density at radius 1 is 1.19 bits per heavy atom. The van der Waals surface area contributed by atoms with Gasteiger partial charge in [0.15, 0.2) is 6.54 Å². The van der Waals surface area contributed by atoms with Gasteiger partial charge in [0.05, 0.1) is 11.3 Å². The van der Waals surface area contributed by atoms with Crippen LogP contribution in [0.4, 0.5) is 5.69 Å². The van der Waals surface area contributed by atoms with Crippen LogP contribution in [-0.2, 0) is 4.79 Å². The van der Waals surface area contributed by atoms with Gasteiger partial charge in [0, 0.05) is 16.6 Å². The third-order valence-electron chi connectivity index (χ3n) is 4.39. The molecule has 0 unspecified atom stereocenters. The highest BCUT2D eigenvalue weighted by atomic mass is 35.5. The molecular formula is C20H23ClN3O2+. The van der Waals surface area contributed by atoms with Crippen LogP contribution < -0.4 is 16.0 Å². The molecule has 1 aliphatic carbocycles. The predicted octanol–water partition coefficient (Wildman–Crippen LogP) is 2.50. The molecule has 0 bridgehead atoms. The molecule has 2 aromatic carbocycles. The average molecular weight is 373 g/mol. The predicted molar refractivity (Wildman–Crippen MR) is 102 cm³/mol. The van der Waals surface area contributed by atoms with E-state index in [1.54, 1.807) is 18.2 Å². The van der Waals surface area contributed by atoms with Crippen molar-refractivity contribution < 1.29 is 14.9 Å². The van der Waals surface area contributed by atoms with Gasteiger partial charge in [-0.2, -0.15) is 0 Å². The third-order valence-corrected chi connectivity index (χ3v) is 4.62. The topological polar surface area (TPSA) is 74.8 Å². The number of nitrogens with two attached hydrogens (primary N) is 1. The number of carbonyl (C=O) groups is 2. The first-order valence-electron chi connectivity index (χ1n) is 8.81. The highest BCUT2D eigenvalue weighted by Crippen LogP contribution is 2.21. The van der Waals surface area contributed by atoms with Crippen LogP contribution in [0.1, 0.15) is 41.7 Å². The number of rotatable bonds is 7. The van der Waals surface area contributed by atoms with Gasteiger partial charge < -0.3 is 16.0 Å². The Morgan fingerprint density at radius 2 is 1.96 bits per heavy atom. The Morgan fingerprint density at radius 3 is 2.69 bits per heavy atom.